The van der Waals surface area contributed by atoms with Gasteiger partial charge in [0.15, 0.2) is 0 Å². The smallest absolute Gasteiger partial charge is 0.0472 e. The molecule has 0 N–H and O–H groups in total. The van der Waals surface area contributed by atoms with Crippen LogP contribution in [0.1, 0.15) is 26.7 Å². The Bertz CT molecular complexity index is 230. The number of hydrogen-bond donors (Lipinski definition) is 0. The second-order valence-electron chi connectivity index (χ2n) is 5.92. The average Bonchev–Trinajstić information content (AvgIpc) is 2.36. The number of alkyl halides is 1. The van der Waals surface area contributed by atoms with Crippen molar-refractivity contribution in [2.75, 3.05) is 52.3 Å². The number of rotatable bonds is 7. The molecule has 1 atom stereocenters. The molecule has 0 amide bonds. The van der Waals surface area contributed by atoms with E-state index in [-0.39, 0.29) is 0 Å². The van der Waals surface area contributed by atoms with Gasteiger partial charge in [0, 0.05) is 37.7 Å². The van der Waals surface area contributed by atoms with E-state index in [1.807, 2.05) is 0 Å². The lowest BCUT2D eigenvalue weighted by molar-refractivity contribution is 0.000971. The first-order valence-corrected chi connectivity index (χ1v) is 8.17. The molecule has 1 fully saturated rings. The fourth-order valence-electron chi connectivity index (χ4n) is 2.79. The van der Waals surface area contributed by atoms with Gasteiger partial charge in [-0.05, 0) is 45.8 Å². The molecule has 0 bridgehead atoms. The molecule has 0 aromatic rings. The van der Waals surface area contributed by atoms with Crippen LogP contribution in [-0.2, 0) is 4.74 Å². The lowest BCUT2D eigenvalue weighted by atomic mass is 9.81. The number of likely N-dealkylation sites (N-methyl/N-ethyl adjacent to an activating group) is 2. The molecule has 108 valence electrons. The van der Waals surface area contributed by atoms with E-state index >= 15 is 0 Å². The van der Waals surface area contributed by atoms with Crippen molar-refractivity contribution in [3.8, 4) is 0 Å². The molecule has 0 aliphatic carbocycles. The molecule has 1 aliphatic rings. The van der Waals surface area contributed by atoms with Crippen LogP contribution in [0.15, 0.2) is 0 Å². The summed E-state index contributed by atoms with van der Waals surface area (Å²) in [7, 11) is 4.30. The molecule has 18 heavy (non-hydrogen) atoms. The molecule has 1 saturated heterocycles. The summed E-state index contributed by atoms with van der Waals surface area (Å²) in [6.07, 6.45) is 2.37. The minimum Gasteiger partial charge on any atom is -0.381 e. The topological polar surface area (TPSA) is 15.7 Å². The fraction of sp³-hybridized carbons (Fsp3) is 1.00. The Morgan fingerprint density at radius 3 is 2.33 bits per heavy atom. The van der Waals surface area contributed by atoms with Crippen molar-refractivity contribution in [2.24, 2.45) is 5.41 Å². The number of hydrogen-bond acceptors (Lipinski definition) is 3. The summed E-state index contributed by atoms with van der Waals surface area (Å²) in [5, 5.41) is 1.09. The van der Waals surface area contributed by atoms with Crippen LogP contribution in [0, 0.1) is 5.41 Å². The van der Waals surface area contributed by atoms with E-state index in [0.717, 1.165) is 31.6 Å². The van der Waals surface area contributed by atoms with E-state index in [9.17, 15) is 0 Å². The molecule has 3 nitrogen and oxygen atoms in total. The van der Waals surface area contributed by atoms with E-state index in [1.165, 1.54) is 19.4 Å². The number of nitrogens with zero attached hydrogens (tertiary/aromatic N) is 2. The monoisotopic (exact) mass is 320 g/mol. The lowest BCUT2D eigenvalue weighted by Gasteiger charge is -2.42. The fourth-order valence-corrected chi connectivity index (χ4v) is 3.53. The van der Waals surface area contributed by atoms with Gasteiger partial charge in [0.1, 0.15) is 0 Å². The van der Waals surface area contributed by atoms with Gasteiger partial charge in [-0.3, -0.25) is 4.90 Å². The predicted octanol–water partition coefficient (Wildman–Crippen LogP) is 2.45. The molecule has 0 spiro atoms. The minimum absolute atomic E-state index is 0.412. The maximum atomic E-state index is 5.52. The predicted molar refractivity (Wildman–Crippen MR) is 81.5 cm³/mol. The number of ether oxygens (including phenoxy) is 1. The van der Waals surface area contributed by atoms with Gasteiger partial charge in [0.05, 0.1) is 0 Å². The molecule has 0 saturated carbocycles. The second kappa shape index (κ2) is 7.83. The van der Waals surface area contributed by atoms with Crippen LogP contribution in [0.3, 0.4) is 0 Å². The molecular weight excluding hydrogens is 292 g/mol. The SMILES string of the molecule is CCN(CC1(CBr)CCOCC1)C(C)CN(C)C. The van der Waals surface area contributed by atoms with Crippen molar-refractivity contribution >= 4 is 15.9 Å². The first-order chi connectivity index (χ1) is 8.53. The highest BCUT2D eigenvalue weighted by atomic mass is 79.9. The van der Waals surface area contributed by atoms with Crippen molar-refractivity contribution < 1.29 is 4.74 Å². The normalized spacial score (nSPS) is 21.5. The van der Waals surface area contributed by atoms with E-state index in [0.29, 0.717) is 11.5 Å². The maximum absolute atomic E-state index is 5.52. The first-order valence-electron chi connectivity index (χ1n) is 7.05. The quantitative estimate of drug-likeness (QED) is 0.670. The molecule has 1 aliphatic heterocycles. The highest BCUT2D eigenvalue weighted by molar-refractivity contribution is 9.09. The van der Waals surface area contributed by atoms with Crippen LogP contribution in [0.5, 0.6) is 0 Å². The van der Waals surface area contributed by atoms with Crippen LogP contribution < -0.4 is 0 Å². The van der Waals surface area contributed by atoms with Gasteiger partial charge in [-0.2, -0.15) is 0 Å². The summed E-state index contributed by atoms with van der Waals surface area (Å²) in [4.78, 5) is 4.89. The van der Waals surface area contributed by atoms with Gasteiger partial charge >= 0.3 is 0 Å². The summed E-state index contributed by atoms with van der Waals surface area (Å²) >= 11 is 3.73. The maximum Gasteiger partial charge on any atom is 0.0472 e. The first kappa shape index (κ1) is 16.4. The Balaban J connectivity index is 2.59. The number of halogens is 1. The van der Waals surface area contributed by atoms with Crippen molar-refractivity contribution in [2.45, 2.75) is 32.7 Å². The van der Waals surface area contributed by atoms with Gasteiger partial charge in [0.2, 0.25) is 0 Å². The van der Waals surface area contributed by atoms with E-state index in [2.05, 4.69) is 53.7 Å². The van der Waals surface area contributed by atoms with E-state index in [4.69, 9.17) is 4.74 Å². The average molecular weight is 321 g/mol. The molecule has 1 heterocycles. The lowest BCUT2D eigenvalue weighted by Crippen LogP contribution is -2.48. The summed E-state index contributed by atoms with van der Waals surface area (Å²) < 4.78 is 5.52. The largest absolute Gasteiger partial charge is 0.381 e. The van der Waals surface area contributed by atoms with Crippen molar-refractivity contribution in [3.05, 3.63) is 0 Å². The highest BCUT2D eigenvalue weighted by Gasteiger charge is 2.34. The van der Waals surface area contributed by atoms with Crippen molar-refractivity contribution in [1.82, 2.24) is 9.80 Å². The van der Waals surface area contributed by atoms with Crippen LogP contribution in [0.25, 0.3) is 0 Å². The van der Waals surface area contributed by atoms with Gasteiger partial charge < -0.3 is 9.64 Å². The van der Waals surface area contributed by atoms with E-state index in [1.54, 1.807) is 0 Å². The second-order valence-corrected chi connectivity index (χ2v) is 6.48. The Kier molecular flexibility index (Phi) is 7.14. The van der Waals surface area contributed by atoms with Crippen LogP contribution in [0.4, 0.5) is 0 Å². The molecule has 1 unspecified atom stereocenters. The summed E-state index contributed by atoms with van der Waals surface area (Å²) in [5.74, 6) is 0. The van der Waals surface area contributed by atoms with Gasteiger partial charge in [-0.25, -0.2) is 0 Å². The Morgan fingerprint density at radius 1 is 1.28 bits per heavy atom. The summed E-state index contributed by atoms with van der Waals surface area (Å²) in [6.45, 7) is 9.90. The molecule has 0 radical (unpaired) electrons. The zero-order chi connectivity index (χ0) is 13.6. The van der Waals surface area contributed by atoms with Crippen LogP contribution in [0.2, 0.25) is 0 Å². The zero-order valence-corrected chi connectivity index (χ0v) is 14.0. The third-order valence-electron chi connectivity index (χ3n) is 4.03. The highest BCUT2D eigenvalue weighted by Crippen LogP contribution is 2.34. The molecule has 0 aromatic carbocycles. The minimum atomic E-state index is 0.412. The standard InChI is InChI=1S/C14H29BrN2O/c1-5-17(13(2)10-16(3)4)12-14(11-15)6-8-18-9-7-14/h13H,5-12H2,1-4H3. The third-order valence-corrected chi connectivity index (χ3v) is 5.22. The summed E-state index contributed by atoms with van der Waals surface area (Å²) in [5.41, 5.74) is 0.412. The summed E-state index contributed by atoms with van der Waals surface area (Å²) in [6, 6.07) is 0.615. The Morgan fingerprint density at radius 2 is 1.89 bits per heavy atom. The van der Waals surface area contributed by atoms with Gasteiger partial charge in [-0.1, -0.05) is 22.9 Å². The molecular formula is C14H29BrN2O. The molecule has 0 aromatic heterocycles. The molecule has 1 rings (SSSR count). The van der Waals surface area contributed by atoms with Crippen LogP contribution >= 0.6 is 15.9 Å². The van der Waals surface area contributed by atoms with Crippen molar-refractivity contribution in [3.63, 3.8) is 0 Å². The zero-order valence-electron chi connectivity index (χ0n) is 12.4. The molecule has 4 heteroatoms. The van der Waals surface area contributed by atoms with Gasteiger partial charge in [-0.15, -0.1) is 0 Å². The van der Waals surface area contributed by atoms with Gasteiger partial charge in [0.25, 0.3) is 0 Å². The van der Waals surface area contributed by atoms with Crippen molar-refractivity contribution in [1.29, 1.82) is 0 Å². The third kappa shape index (κ3) is 4.80. The Hall–Kier alpha value is 0.360. The Labute approximate surface area is 121 Å². The van der Waals surface area contributed by atoms with E-state index < -0.39 is 0 Å². The van der Waals surface area contributed by atoms with Crippen LogP contribution in [-0.4, -0.2) is 68.1 Å².